The van der Waals surface area contributed by atoms with Crippen molar-refractivity contribution in [1.82, 2.24) is 0 Å². The highest BCUT2D eigenvalue weighted by atomic mass is 32.2. The summed E-state index contributed by atoms with van der Waals surface area (Å²) in [6.07, 6.45) is 4.90. The fourth-order valence-corrected chi connectivity index (χ4v) is 2.68. The molecule has 0 amide bonds. The molecule has 1 aromatic carbocycles. The van der Waals surface area contributed by atoms with E-state index >= 15 is 0 Å². The molecule has 0 bridgehead atoms. The van der Waals surface area contributed by atoms with Gasteiger partial charge in [-0.2, -0.15) is 0 Å². The summed E-state index contributed by atoms with van der Waals surface area (Å²) in [5.74, 6) is 1.11. The van der Waals surface area contributed by atoms with Crippen molar-refractivity contribution in [3.05, 3.63) is 30.3 Å². The van der Waals surface area contributed by atoms with Crippen molar-refractivity contribution in [1.29, 1.82) is 0 Å². The van der Waals surface area contributed by atoms with Crippen molar-refractivity contribution < 1.29 is 4.74 Å². The molecule has 0 N–H and O–H groups in total. The van der Waals surface area contributed by atoms with E-state index in [4.69, 9.17) is 4.74 Å². The van der Waals surface area contributed by atoms with Crippen molar-refractivity contribution >= 4 is 11.8 Å². The van der Waals surface area contributed by atoms with Gasteiger partial charge in [-0.1, -0.05) is 38.0 Å². The van der Waals surface area contributed by atoms with Gasteiger partial charge in [0.25, 0.3) is 0 Å². The number of hydrogen-bond acceptors (Lipinski definition) is 2. The number of epoxide rings is 1. The first-order valence-electron chi connectivity index (χ1n) is 5.73. The molecule has 2 unspecified atom stereocenters. The molecule has 0 aliphatic carbocycles. The van der Waals surface area contributed by atoms with Gasteiger partial charge in [-0.3, -0.25) is 0 Å². The predicted octanol–water partition coefficient (Wildman–Crippen LogP) is 3.74. The Hall–Kier alpha value is -0.470. The van der Waals surface area contributed by atoms with E-state index in [1.165, 1.54) is 24.2 Å². The molecule has 0 spiro atoms. The van der Waals surface area contributed by atoms with Gasteiger partial charge in [0.1, 0.15) is 0 Å². The summed E-state index contributed by atoms with van der Waals surface area (Å²) in [6.45, 7) is 2.23. The van der Waals surface area contributed by atoms with Crippen molar-refractivity contribution in [2.75, 3.05) is 5.75 Å². The van der Waals surface area contributed by atoms with E-state index in [1.54, 1.807) is 0 Å². The van der Waals surface area contributed by atoms with Gasteiger partial charge in [0.05, 0.1) is 12.2 Å². The van der Waals surface area contributed by atoms with Crippen LogP contribution in [0.2, 0.25) is 0 Å². The number of ether oxygens (including phenoxy) is 1. The summed E-state index contributed by atoms with van der Waals surface area (Å²) in [6, 6.07) is 10.6. The third-order valence-electron chi connectivity index (χ3n) is 2.69. The Kier molecular flexibility index (Phi) is 4.09. The molecule has 1 aromatic rings. The van der Waals surface area contributed by atoms with E-state index in [1.807, 2.05) is 11.8 Å². The molecule has 2 rings (SSSR count). The van der Waals surface area contributed by atoms with Crippen molar-refractivity contribution in [2.24, 2.45) is 0 Å². The van der Waals surface area contributed by atoms with Crippen LogP contribution in [0.5, 0.6) is 0 Å². The minimum atomic E-state index is 0.516. The lowest BCUT2D eigenvalue weighted by Gasteiger charge is -1.97. The number of rotatable bonds is 6. The average molecular weight is 222 g/mol. The molecule has 1 heterocycles. The highest BCUT2D eigenvalue weighted by Crippen LogP contribution is 2.32. The lowest BCUT2D eigenvalue weighted by Crippen LogP contribution is -1.96. The predicted molar refractivity (Wildman–Crippen MR) is 65.4 cm³/mol. The fraction of sp³-hybridized carbons (Fsp3) is 0.538. The SMILES string of the molecule is CCCCC1OC1CSc1ccccc1. The Morgan fingerprint density at radius 1 is 1.20 bits per heavy atom. The average Bonchev–Trinajstić information content (AvgIpc) is 3.04. The Labute approximate surface area is 96.2 Å². The molecule has 15 heavy (non-hydrogen) atoms. The van der Waals surface area contributed by atoms with Crippen LogP contribution in [0.15, 0.2) is 35.2 Å². The molecule has 2 atom stereocenters. The van der Waals surface area contributed by atoms with Crippen molar-refractivity contribution in [3.8, 4) is 0 Å². The maximum Gasteiger partial charge on any atom is 0.0935 e. The Morgan fingerprint density at radius 3 is 2.73 bits per heavy atom. The number of thioether (sulfide) groups is 1. The van der Waals surface area contributed by atoms with Crippen molar-refractivity contribution in [3.63, 3.8) is 0 Å². The van der Waals surface area contributed by atoms with E-state index in [2.05, 4.69) is 37.3 Å². The van der Waals surface area contributed by atoms with Gasteiger partial charge in [-0.15, -0.1) is 11.8 Å². The summed E-state index contributed by atoms with van der Waals surface area (Å²) in [7, 11) is 0. The first-order chi connectivity index (χ1) is 7.40. The van der Waals surface area contributed by atoms with Gasteiger partial charge < -0.3 is 4.74 Å². The first kappa shape index (κ1) is 11.0. The summed E-state index contributed by atoms with van der Waals surface area (Å²) in [5, 5.41) is 0. The zero-order valence-electron chi connectivity index (χ0n) is 9.19. The van der Waals surface area contributed by atoms with E-state index in [0.717, 1.165) is 5.75 Å². The van der Waals surface area contributed by atoms with Crippen LogP contribution in [0.4, 0.5) is 0 Å². The number of hydrogen-bond donors (Lipinski definition) is 0. The molecule has 1 nitrogen and oxygen atoms in total. The fourth-order valence-electron chi connectivity index (χ4n) is 1.68. The van der Waals surface area contributed by atoms with Crippen LogP contribution < -0.4 is 0 Å². The molecule has 1 aliphatic rings. The molecule has 2 heteroatoms. The van der Waals surface area contributed by atoms with E-state index in [0.29, 0.717) is 12.2 Å². The lowest BCUT2D eigenvalue weighted by molar-refractivity contribution is 0.368. The van der Waals surface area contributed by atoms with E-state index in [-0.39, 0.29) is 0 Å². The second kappa shape index (κ2) is 5.57. The van der Waals surface area contributed by atoms with Crippen molar-refractivity contribution in [2.45, 2.75) is 43.3 Å². The maximum atomic E-state index is 5.62. The molecule has 82 valence electrons. The normalized spacial score (nSPS) is 24.1. The Morgan fingerprint density at radius 2 is 2.00 bits per heavy atom. The van der Waals surface area contributed by atoms with Crippen LogP contribution in [-0.2, 0) is 4.74 Å². The summed E-state index contributed by atoms with van der Waals surface area (Å²) in [5.41, 5.74) is 0. The van der Waals surface area contributed by atoms with Crippen LogP contribution >= 0.6 is 11.8 Å². The van der Waals surface area contributed by atoms with Crippen LogP contribution in [-0.4, -0.2) is 18.0 Å². The molecule has 1 fully saturated rings. The van der Waals surface area contributed by atoms with Gasteiger partial charge in [0.2, 0.25) is 0 Å². The number of benzene rings is 1. The molecular formula is C13H18OS. The van der Waals surface area contributed by atoms with Gasteiger partial charge in [0, 0.05) is 10.6 Å². The van der Waals surface area contributed by atoms with Crippen LogP contribution in [0.3, 0.4) is 0 Å². The first-order valence-corrected chi connectivity index (χ1v) is 6.72. The Bertz CT molecular complexity index is 286. The molecule has 1 saturated heterocycles. The maximum absolute atomic E-state index is 5.62. The zero-order chi connectivity index (χ0) is 10.5. The zero-order valence-corrected chi connectivity index (χ0v) is 10.0. The van der Waals surface area contributed by atoms with Gasteiger partial charge >= 0.3 is 0 Å². The molecule has 0 saturated carbocycles. The standard InChI is InChI=1S/C13H18OS/c1-2-3-9-12-13(14-12)10-15-11-7-5-4-6-8-11/h4-8,12-13H,2-3,9-10H2,1H3. The molecular weight excluding hydrogens is 204 g/mol. The van der Waals surface area contributed by atoms with Crippen LogP contribution in [0.1, 0.15) is 26.2 Å². The smallest absolute Gasteiger partial charge is 0.0935 e. The van der Waals surface area contributed by atoms with E-state index < -0.39 is 0 Å². The van der Waals surface area contributed by atoms with Crippen LogP contribution in [0, 0.1) is 0 Å². The molecule has 0 radical (unpaired) electrons. The molecule has 0 aromatic heterocycles. The minimum Gasteiger partial charge on any atom is -0.369 e. The molecule has 1 aliphatic heterocycles. The second-order valence-corrected chi connectivity index (χ2v) is 5.07. The van der Waals surface area contributed by atoms with Gasteiger partial charge in [-0.05, 0) is 18.6 Å². The van der Waals surface area contributed by atoms with Gasteiger partial charge in [-0.25, -0.2) is 0 Å². The minimum absolute atomic E-state index is 0.516. The lowest BCUT2D eigenvalue weighted by atomic mass is 10.2. The highest BCUT2D eigenvalue weighted by Gasteiger charge is 2.37. The monoisotopic (exact) mass is 222 g/mol. The summed E-state index contributed by atoms with van der Waals surface area (Å²) >= 11 is 1.90. The van der Waals surface area contributed by atoms with Crippen LogP contribution in [0.25, 0.3) is 0 Å². The highest BCUT2D eigenvalue weighted by molar-refractivity contribution is 7.99. The topological polar surface area (TPSA) is 12.5 Å². The summed E-state index contributed by atoms with van der Waals surface area (Å²) in [4.78, 5) is 1.35. The third kappa shape index (κ3) is 3.54. The van der Waals surface area contributed by atoms with Gasteiger partial charge in [0.15, 0.2) is 0 Å². The largest absolute Gasteiger partial charge is 0.369 e. The quantitative estimate of drug-likeness (QED) is 0.537. The third-order valence-corrected chi connectivity index (χ3v) is 3.79. The summed E-state index contributed by atoms with van der Waals surface area (Å²) < 4.78 is 5.62. The Balaban J connectivity index is 1.64. The number of unbranched alkanes of at least 4 members (excludes halogenated alkanes) is 1. The van der Waals surface area contributed by atoms with E-state index in [9.17, 15) is 0 Å². The second-order valence-electron chi connectivity index (χ2n) is 3.98.